The van der Waals surface area contributed by atoms with Gasteiger partial charge in [-0.05, 0) is 55.2 Å². The number of rotatable bonds is 8. The molecule has 1 N–H and O–H groups in total. The number of nitrogens with zero attached hydrogens (tertiary/aromatic N) is 1. The molecule has 1 aliphatic rings. The van der Waals surface area contributed by atoms with E-state index in [1.54, 1.807) is 32.2 Å². The molecule has 0 spiro atoms. The maximum Gasteiger partial charge on any atom is 0.254 e. The first kappa shape index (κ1) is 19.5. The van der Waals surface area contributed by atoms with Crippen LogP contribution in [0.5, 0.6) is 11.5 Å². The van der Waals surface area contributed by atoms with Crippen molar-refractivity contribution in [2.75, 3.05) is 20.8 Å². The Kier molecular flexibility index (Phi) is 6.98. The predicted octanol–water partition coefficient (Wildman–Crippen LogP) is 4.11. The SMILES string of the molecule is COc1ccc(OC)c(CCNC(=O)c2cccnc2SC2CCCC2)c1. The maximum atomic E-state index is 12.7. The first-order valence-corrected chi connectivity index (χ1v) is 10.2. The lowest BCUT2D eigenvalue weighted by Gasteiger charge is -2.13. The third-order valence-electron chi connectivity index (χ3n) is 4.76. The molecule has 144 valence electrons. The Labute approximate surface area is 164 Å². The van der Waals surface area contributed by atoms with E-state index in [4.69, 9.17) is 9.47 Å². The van der Waals surface area contributed by atoms with Crippen molar-refractivity contribution < 1.29 is 14.3 Å². The molecule has 1 heterocycles. The fraction of sp³-hybridized carbons (Fsp3) is 0.429. The molecule has 1 fully saturated rings. The van der Waals surface area contributed by atoms with Crippen molar-refractivity contribution in [3.63, 3.8) is 0 Å². The molecule has 0 atom stereocenters. The van der Waals surface area contributed by atoms with Crippen molar-refractivity contribution in [2.24, 2.45) is 0 Å². The second-order valence-corrected chi connectivity index (χ2v) is 7.85. The van der Waals surface area contributed by atoms with Crippen molar-refractivity contribution in [3.05, 3.63) is 47.7 Å². The summed E-state index contributed by atoms with van der Waals surface area (Å²) in [5, 5.41) is 4.42. The molecule has 0 radical (unpaired) electrons. The van der Waals surface area contributed by atoms with E-state index in [0.29, 0.717) is 23.8 Å². The Morgan fingerprint density at radius 1 is 1.22 bits per heavy atom. The molecule has 3 rings (SSSR count). The normalized spacial score (nSPS) is 14.1. The maximum absolute atomic E-state index is 12.7. The minimum atomic E-state index is -0.0783. The first-order valence-electron chi connectivity index (χ1n) is 9.32. The average molecular weight is 387 g/mol. The summed E-state index contributed by atoms with van der Waals surface area (Å²) in [4.78, 5) is 17.1. The van der Waals surface area contributed by atoms with Gasteiger partial charge in [0.15, 0.2) is 0 Å². The van der Waals surface area contributed by atoms with Gasteiger partial charge in [0.05, 0.1) is 19.8 Å². The van der Waals surface area contributed by atoms with Crippen molar-refractivity contribution in [3.8, 4) is 11.5 Å². The number of methoxy groups -OCH3 is 2. The second-order valence-electron chi connectivity index (χ2n) is 6.56. The quantitative estimate of drug-likeness (QED) is 0.740. The van der Waals surface area contributed by atoms with Crippen LogP contribution in [0.1, 0.15) is 41.6 Å². The number of carbonyl (C=O) groups excluding carboxylic acids is 1. The van der Waals surface area contributed by atoms with Crippen LogP contribution in [-0.4, -0.2) is 36.9 Å². The topological polar surface area (TPSA) is 60.5 Å². The summed E-state index contributed by atoms with van der Waals surface area (Å²) in [6, 6.07) is 9.36. The molecule has 1 saturated carbocycles. The van der Waals surface area contributed by atoms with E-state index >= 15 is 0 Å². The Morgan fingerprint density at radius 2 is 2.04 bits per heavy atom. The van der Waals surface area contributed by atoms with Crippen LogP contribution < -0.4 is 14.8 Å². The fourth-order valence-electron chi connectivity index (χ4n) is 3.30. The largest absolute Gasteiger partial charge is 0.497 e. The monoisotopic (exact) mass is 386 g/mol. The van der Waals surface area contributed by atoms with Crippen molar-refractivity contribution in [2.45, 2.75) is 42.4 Å². The standard InChI is InChI=1S/C21H26N2O3S/c1-25-16-9-10-19(26-2)15(14-16)11-13-22-20(24)18-8-5-12-23-21(18)27-17-6-3-4-7-17/h5,8-10,12,14,17H,3-4,6-7,11,13H2,1-2H3,(H,22,24). The summed E-state index contributed by atoms with van der Waals surface area (Å²) >= 11 is 1.74. The molecule has 27 heavy (non-hydrogen) atoms. The highest BCUT2D eigenvalue weighted by molar-refractivity contribution is 7.99. The Balaban J connectivity index is 1.61. The Hall–Kier alpha value is -2.21. The van der Waals surface area contributed by atoms with Gasteiger partial charge in [-0.1, -0.05) is 12.8 Å². The van der Waals surface area contributed by atoms with Crippen LogP contribution in [0.25, 0.3) is 0 Å². The number of hydrogen-bond acceptors (Lipinski definition) is 5. The number of ether oxygens (including phenoxy) is 2. The summed E-state index contributed by atoms with van der Waals surface area (Å²) < 4.78 is 10.7. The lowest BCUT2D eigenvalue weighted by molar-refractivity contribution is 0.0950. The number of amides is 1. The van der Waals surface area contributed by atoms with Crippen molar-refractivity contribution in [1.82, 2.24) is 10.3 Å². The molecule has 1 aromatic carbocycles. The molecule has 2 aromatic rings. The van der Waals surface area contributed by atoms with Gasteiger partial charge in [0.1, 0.15) is 16.5 Å². The lowest BCUT2D eigenvalue weighted by atomic mass is 10.1. The minimum Gasteiger partial charge on any atom is -0.497 e. The molecular weight excluding hydrogens is 360 g/mol. The minimum absolute atomic E-state index is 0.0783. The van der Waals surface area contributed by atoms with Crippen LogP contribution in [0.3, 0.4) is 0 Å². The molecule has 0 saturated heterocycles. The second kappa shape index (κ2) is 9.65. The van der Waals surface area contributed by atoms with Crippen LogP contribution in [0, 0.1) is 0 Å². The third kappa shape index (κ3) is 5.16. The molecule has 0 unspecified atom stereocenters. The van der Waals surface area contributed by atoms with E-state index in [-0.39, 0.29) is 5.91 Å². The number of nitrogens with one attached hydrogen (secondary N) is 1. The van der Waals surface area contributed by atoms with Crippen LogP contribution in [-0.2, 0) is 6.42 Å². The summed E-state index contributed by atoms with van der Waals surface area (Å²) in [5.74, 6) is 1.49. The molecule has 1 aliphatic carbocycles. The van der Waals surface area contributed by atoms with Crippen LogP contribution >= 0.6 is 11.8 Å². The van der Waals surface area contributed by atoms with Gasteiger partial charge in [0.2, 0.25) is 0 Å². The van der Waals surface area contributed by atoms with Gasteiger partial charge in [-0.3, -0.25) is 4.79 Å². The molecular formula is C21H26N2O3S. The highest BCUT2D eigenvalue weighted by Crippen LogP contribution is 2.35. The van der Waals surface area contributed by atoms with Crippen LogP contribution in [0.4, 0.5) is 0 Å². The molecule has 0 bridgehead atoms. The third-order valence-corrected chi connectivity index (χ3v) is 6.12. The van der Waals surface area contributed by atoms with Gasteiger partial charge < -0.3 is 14.8 Å². The molecule has 1 amide bonds. The van der Waals surface area contributed by atoms with E-state index in [2.05, 4.69) is 10.3 Å². The summed E-state index contributed by atoms with van der Waals surface area (Å²) in [7, 11) is 3.28. The number of carbonyl (C=O) groups is 1. The number of aromatic nitrogens is 1. The van der Waals surface area contributed by atoms with Crippen molar-refractivity contribution >= 4 is 17.7 Å². The number of benzene rings is 1. The molecule has 5 nitrogen and oxygen atoms in total. The number of hydrogen-bond donors (Lipinski definition) is 1. The van der Waals surface area contributed by atoms with Gasteiger partial charge in [-0.2, -0.15) is 0 Å². The average Bonchev–Trinajstić information content (AvgIpc) is 3.21. The highest BCUT2D eigenvalue weighted by Gasteiger charge is 2.20. The van der Waals surface area contributed by atoms with E-state index in [0.717, 1.165) is 22.1 Å². The fourth-order valence-corrected chi connectivity index (χ4v) is 4.60. The van der Waals surface area contributed by atoms with Gasteiger partial charge in [-0.25, -0.2) is 4.98 Å². The molecule has 6 heteroatoms. The smallest absolute Gasteiger partial charge is 0.254 e. The van der Waals surface area contributed by atoms with Crippen molar-refractivity contribution in [1.29, 1.82) is 0 Å². The zero-order chi connectivity index (χ0) is 19.1. The van der Waals surface area contributed by atoms with Gasteiger partial charge >= 0.3 is 0 Å². The predicted molar refractivity (Wildman–Crippen MR) is 108 cm³/mol. The van der Waals surface area contributed by atoms with Crippen LogP contribution in [0.2, 0.25) is 0 Å². The molecule has 1 aromatic heterocycles. The van der Waals surface area contributed by atoms with E-state index in [1.807, 2.05) is 30.3 Å². The summed E-state index contributed by atoms with van der Waals surface area (Å²) in [5.41, 5.74) is 1.66. The van der Waals surface area contributed by atoms with E-state index < -0.39 is 0 Å². The number of thioether (sulfide) groups is 1. The summed E-state index contributed by atoms with van der Waals surface area (Å²) in [6.07, 6.45) is 7.38. The summed E-state index contributed by atoms with van der Waals surface area (Å²) in [6.45, 7) is 0.519. The van der Waals surface area contributed by atoms with E-state index in [1.165, 1.54) is 25.7 Å². The van der Waals surface area contributed by atoms with Crippen LogP contribution in [0.15, 0.2) is 41.6 Å². The first-order chi connectivity index (χ1) is 13.2. The Bertz CT molecular complexity index is 776. The van der Waals surface area contributed by atoms with Gasteiger partial charge in [0.25, 0.3) is 5.91 Å². The lowest BCUT2D eigenvalue weighted by Crippen LogP contribution is -2.26. The highest BCUT2D eigenvalue weighted by atomic mass is 32.2. The van der Waals surface area contributed by atoms with Gasteiger partial charge in [0, 0.05) is 18.0 Å². The zero-order valence-corrected chi connectivity index (χ0v) is 16.7. The Morgan fingerprint density at radius 3 is 2.78 bits per heavy atom. The van der Waals surface area contributed by atoms with Gasteiger partial charge in [-0.15, -0.1) is 11.8 Å². The zero-order valence-electron chi connectivity index (χ0n) is 15.9. The van der Waals surface area contributed by atoms with E-state index in [9.17, 15) is 4.79 Å². The molecule has 0 aliphatic heterocycles. The number of pyridine rings is 1.